The van der Waals surface area contributed by atoms with Crippen LogP contribution in [0.25, 0.3) is 0 Å². The Morgan fingerprint density at radius 1 is 1.36 bits per heavy atom. The lowest BCUT2D eigenvalue weighted by Crippen LogP contribution is -2.21. The highest BCUT2D eigenvalue weighted by Crippen LogP contribution is 2.20. The summed E-state index contributed by atoms with van der Waals surface area (Å²) < 4.78 is 5.65. The molecule has 2 rings (SSSR count). The van der Waals surface area contributed by atoms with Gasteiger partial charge in [-0.2, -0.15) is 0 Å². The molecule has 2 aromatic rings. The van der Waals surface area contributed by atoms with E-state index in [2.05, 4.69) is 22.6 Å². The Morgan fingerprint density at radius 3 is 2.86 bits per heavy atom. The maximum absolute atomic E-state index is 10.3. The quantitative estimate of drug-likeness (QED) is 0.783. The van der Waals surface area contributed by atoms with Crippen molar-refractivity contribution in [2.24, 2.45) is 0 Å². The number of rotatable bonds is 8. The number of benzene rings is 1. The van der Waals surface area contributed by atoms with Gasteiger partial charge in [-0.15, -0.1) is 11.3 Å². The van der Waals surface area contributed by atoms with Crippen LogP contribution in [0, 0.1) is 0 Å². The number of aliphatic hydroxyl groups excluding tert-OH is 1. The van der Waals surface area contributed by atoms with E-state index in [9.17, 15) is 5.11 Å². The van der Waals surface area contributed by atoms with Gasteiger partial charge < -0.3 is 15.2 Å². The Balaban J connectivity index is 1.85. The molecule has 0 aliphatic rings. The Labute approximate surface area is 136 Å². The standard InChI is InChI=1S/C17H24N2O2S/c1-4-17-19-14(11-22-17)9-18-10-16(20)13-6-5-7-15(8-13)21-12(2)3/h5-8,11-12,16,18,20H,4,9-10H2,1-3H3. The Bertz CT molecular complexity index is 584. The lowest BCUT2D eigenvalue weighted by atomic mass is 10.1. The third-order valence-electron chi connectivity index (χ3n) is 3.16. The van der Waals surface area contributed by atoms with Crippen LogP contribution in [0.5, 0.6) is 5.75 Å². The number of ether oxygens (including phenoxy) is 1. The van der Waals surface area contributed by atoms with Crippen LogP contribution in [0.1, 0.15) is 43.1 Å². The van der Waals surface area contributed by atoms with Crippen molar-refractivity contribution >= 4 is 11.3 Å². The molecule has 5 heteroatoms. The fraction of sp³-hybridized carbons (Fsp3) is 0.471. The van der Waals surface area contributed by atoms with Gasteiger partial charge in [0.05, 0.1) is 22.9 Å². The summed E-state index contributed by atoms with van der Waals surface area (Å²) in [7, 11) is 0. The number of aromatic nitrogens is 1. The van der Waals surface area contributed by atoms with Crippen molar-refractivity contribution in [3.8, 4) is 5.75 Å². The molecule has 0 bridgehead atoms. The number of hydrogen-bond acceptors (Lipinski definition) is 5. The summed E-state index contributed by atoms with van der Waals surface area (Å²) in [6.07, 6.45) is 0.540. The van der Waals surface area contributed by atoms with Gasteiger partial charge >= 0.3 is 0 Å². The summed E-state index contributed by atoms with van der Waals surface area (Å²) in [5, 5.41) is 16.7. The maximum Gasteiger partial charge on any atom is 0.120 e. The van der Waals surface area contributed by atoms with Crippen LogP contribution < -0.4 is 10.1 Å². The van der Waals surface area contributed by atoms with E-state index in [4.69, 9.17) is 4.74 Å². The lowest BCUT2D eigenvalue weighted by molar-refractivity contribution is 0.173. The van der Waals surface area contributed by atoms with E-state index in [0.717, 1.165) is 28.4 Å². The predicted octanol–water partition coefficient (Wildman–Crippen LogP) is 3.32. The van der Waals surface area contributed by atoms with Crippen molar-refractivity contribution in [3.63, 3.8) is 0 Å². The molecule has 1 aromatic carbocycles. The van der Waals surface area contributed by atoms with Gasteiger partial charge in [-0.05, 0) is 38.0 Å². The zero-order valence-corrected chi connectivity index (χ0v) is 14.2. The molecule has 0 spiro atoms. The smallest absolute Gasteiger partial charge is 0.120 e. The minimum Gasteiger partial charge on any atom is -0.491 e. The van der Waals surface area contributed by atoms with Gasteiger partial charge in [0.2, 0.25) is 0 Å². The van der Waals surface area contributed by atoms with E-state index in [-0.39, 0.29) is 6.10 Å². The van der Waals surface area contributed by atoms with Gasteiger partial charge in [0.25, 0.3) is 0 Å². The summed E-state index contributed by atoms with van der Waals surface area (Å²) in [4.78, 5) is 4.50. The van der Waals surface area contributed by atoms with Gasteiger partial charge in [0.1, 0.15) is 5.75 Å². The fourth-order valence-corrected chi connectivity index (χ4v) is 2.86. The molecule has 4 nitrogen and oxygen atoms in total. The lowest BCUT2D eigenvalue weighted by Gasteiger charge is -2.14. The van der Waals surface area contributed by atoms with E-state index < -0.39 is 6.10 Å². The fourth-order valence-electron chi connectivity index (χ4n) is 2.11. The number of thiazole rings is 1. The second-order valence-electron chi connectivity index (χ2n) is 5.47. The monoisotopic (exact) mass is 320 g/mol. The predicted molar refractivity (Wildman–Crippen MR) is 90.4 cm³/mol. The first-order chi connectivity index (χ1) is 10.6. The highest BCUT2D eigenvalue weighted by molar-refractivity contribution is 7.09. The molecule has 0 fully saturated rings. The molecular weight excluding hydrogens is 296 g/mol. The molecule has 0 saturated carbocycles. The third-order valence-corrected chi connectivity index (χ3v) is 4.20. The van der Waals surface area contributed by atoms with Gasteiger partial charge in [-0.3, -0.25) is 0 Å². The molecule has 0 radical (unpaired) electrons. The van der Waals surface area contributed by atoms with Gasteiger partial charge in [0, 0.05) is 18.5 Å². The Morgan fingerprint density at radius 2 is 2.18 bits per heavy atom. The van der Waals surface area contributed by atoms with E-state index >= 15 is 0 Å². The topological polar surface area (TPSA) is 54.4 Å². The first-order valence-electron chi connectivity index (χ1n) is 7.67. The van der Waals surface area contributed by atoms with Crippen LogP contribution >= 0.6 is 11.3 Å². The minimum atomic E-state index is -0.556. The molecule has 1 atom stereocenters. The normalized spacial score (nSPS) is 12.6. The number of nitrogens with zero attached hydrogens (tertiary/aromatic N) is 1. The van der Waals surface area contributed by atoms with Crippen molar-refractivity contribution in [2.75, 3.05) is 6.54 Å². The summed E-state index contributed by atoms with van der Waals surface area (Å²) >= 11 is 1.68. The molecule has 1 aromatic heterocycles. The Kier molecular flexibility index (Phi) is 6.36. The number of nitrogens with one attached hydrogen (secondary N) is 1. The summed E-state index contributed by atoms with van der Waals surface area (Å²) in [5.41, 5.74) is 1.89. The summed E-state index contributed by atoms with van der Waals surface area (Å²) in [6.45, 7) is 7.25. The largest absolute Gasteiger partial charge is 0.491 e. The molecule has 0 amide bonds. The van der Waals surface area contributed by atoms with Crippen LogP contribution in [-0.2, 0) is 13.0 Å². The summed E-state index contributed by atoms with van der Waals surface area (Å²) in [5.74, 6) is 0.790. The minimum absolute atomic E-state index is 0.128. The molecule has 1 unspecified atom stereocenters. The van der Waals surface area contributed by atoms with Crippen molar-refractivity contribution in [1.82, 2.24) is 10.3 Å². The maximum atomic E-state index is 10.3. The van der Waals surface area contributed by atoms with Crippen LogP contribution in [0.3, 0.4) is 0 Å². The van der Waals surface area contributed by atoms with Gasteiger partial charge in [0.15, 0.2) is 0 Å². The molecular formula is C17H24N2O2S. The highest BCUT2D eigenvalue weighted by Gasteiger charge is 2.09. The number of aliphatic hydroxyl groups is 1. The molecule has 22 heavy (non-hydrogen) atoms. The average molecular weight is 320 g/mol. The second kappa shape index (κ2) is 8.27. The van der Waals surface area contributed by atoms with Crippen molar-refractivity contribution in [3.05, 3.63) is 45.9 Å². The molecule has 0 saturated heterocycles. The first-order valence-corrected chi connectivity index (χ1v) is 8.55. The SMILES string of the molecule is CCc1nc(CNCC(O)c2cccc(OC(C)C)c2)cs1. The molecule has 2 N–H and O–H groups in total. The van der Waals surface area contributed by atoms with Crippen LogP contribution in [0.4, 0.5) is 0 Å². The average Bonchev–Trinajstić information content (AvgIpc) is 2.94. The molecule has 1 heterocycles. The second-order valence-corrected chi connectivity index (χ2v) is 6.41. The van der Waals surface area contributed by atoms with E-state index in [1.807, 2.05) is 38.1 Å². The highest BCUT2D eigenvalue weighted by atomic mass is 32.1. The van der Waals surface area contributed by atoms with Gasteiger partial charge in [-0.25, -0.2) is 4.98 Å². The third kappa shape index (κ3) is 5.09. The van der Waals surface area contributed by atoms with Crippen molar-refractivity contribution < 1.29 is 9.84 Å². The summed E-state index contributed by atoms with van der Waals surface area (Å²) in [6, 6.07) is 7.62. The molecule has 120 valence electrons. The zero-order valence-electron chi connectivity index (χ0n) is 13.4. The van der Waals surface area contributed by atoms with Gasteiger partial charge in [-0.1, -0.05) is 19.1 Å². The van der Waals surface area contributed by atoms with E-state index in [1.54, 1.807) is 11.3 Å². The zero-order chi connectivity index (χ0) is 15.9. The molecule has 0 aliphatic carbocycles. The van der Waals surface area contributed by atoms with E-state index in [0.29, 0.717) is 13.1 Å². The van der Waals surface area contributed by atoms with E-state index in [1.165, 1.54) is 0 Å². The van der Waals surface area contributed by atoms with Crippen molar-refractivity contribution in [2.45, 2.75) is 45.9 Å². The molecule has 0 aliphatic heterocycles. The number of hydrogen-bond donors (Lipinski definition) is 2. The number of aryl methyl sites for hydroxylation is 1. The van der Waals surface area contributed by atoms with Crippen LogP contribution in [-0.4, -0.2) is 22.7 Å². The van der Waals surface area contributed by atoms with Crippen LogP contribution in [0.2, 0.25) is 0 Å². The first kappa shape index (κ1) is 16.9. The Hall–Kier alpha value is -1.43. The van der Waals surface area contributed by atoms with Crippen LogP contribution in [0.15, 0.2) is 29.6 Å². The van der Waals surface area contributed by atoms with Crippen molar-refractivity contribution in [1.29, 1.82) is 0 Å².